The summed E-state index contributed by atoms with van der Waals surface area (Å²) in [5.74, 6) is 0. The standard InChI is InChI=1S/C10H12O2S2/c11-6-9-5-10(7-13-9)14-8-1-3-12-4-2-8/h5-8H,1-4H2. The van der Waals surface area contributed by atoms with E-state index in [1.165, 1.54) is 16.2 Å². The molecule has 0 N–H and O–H groups in total. The van der Waals surface area contributed by atoms with E-state index in [0.717, 1.165) is 37.2 Å². The van der Waals surface area contributed by atoms with Crippen molar-refractivity contribution >= 4 is 29.4 Å². The predicted octanol–water partition coefficient (Wildman–Crippen LogP) is 2.83. The molecule has 1 aliphatic rings. The van der Waals surface area contributed by atoms with E-state index in [0.29, 0.717) is 5.25 Å². The van der Waals surface area contributed by atoms with Crippen LogP contribution >= 0.6 is 23.1 Å². The average molecular weight is 228 g/mol. The maximum Gasteiger partial charge on any atom is 0.160 e. The van der Waals surface area contributed by atoms with Crippen molar-refractivity contribution in [3.8, 4) is 0 Å². The van der Waals surface area contributed by atoms with E-state index in [1.807, 2.05) is 17.8 Å². The van der Waals surface area contributed by atoms with Gasteiger partial charge in [0.25, 0.3) is 0 Å². The van der Waals surface area contributed by atoms with E-state index in [1.54, 1.807) is 0 Å². The van der Waals surface area contributed by atoms with Gasteiger partial charge in [0.1, 0.15) is 0 Å². The number of hydrogen-bond acceptors (Lipinski definition) is 4. The average Bonchev–Trinajstić information content (AvgIpc) is 2.67. The van der Waals surface area contributed by atoms with Gasteiger partial charge in [0.15, 0.2) is 6.29 Å². The molecule has 0 amide bonds. The fraction of sp³-hybridized carbons (Fsp3) is 0.500. The molecule has 0 unspecified atom stereocenters. The van der Waals surface area contributed by atoms with Crippen LogP contribution in [0.25, 0.3) is 0 Å². The summed E-state index contributed by atoms with van der Waals surface area (Å²) in [5.41, 5.74) is 0. The molecule has 0 atom stereocenters. The van der Waals surface area contributed by atoms with Crippen molar-refractivity contribution in [1.82, 2.24) is 0 Å². The van der Waals surface area contributed by atoms with Gasteiger partial charge in [0.2, 0.25) is 0 Å². The highest BCUT2D eigenvalue weighted by Gasteiger charge is 2.15. The first kappa shape index (κ1) is 10.2. The summed E-state index contributed by atoms with van der Waals surface area (Å²) in [6.07, 6.45) is 3.16. The monoisotopic (exact) mass is 228 g/mol. The Morgan fingerprint density at radius 3 is 2.93 bits per heavy atom. The molecule has 1 aromatic rings. The van der Waals surface area contributed by atoms with Crippen molar-refractivity contribution in [3.05, 3.63) is 16.3 Å². The van der Waals surface area contributed by atoms with E-state index in [4.69, 9.17) is 4.74 Å². The molecule has 0 aromatic carbocycles. The Balaban J connectivity index is 1.92. The molecule has 1 aromatic heterocycles. The van der Waals surface area contributed by atoms with E-state index >= 15 is 0 Å². The summed E-state index contributed by atoms with van der Waals surface area (Å²) in [5, 5.41) is 2.72. The van der Waals surface area contributed by atoms with Gasteiger partial charge in [-0.25, -0.2) is 0 Å². The first-order chi connectivity index (χ1) is 6.88. The number of carbonyl (C=O) groups is 1. The second-order valence-corrected chi connectivity index (χ2v) is 5.55. The minimum Gasteiger partial charge on any atom is -0.381 e. The van der Waals surface area contributed by atoms with Crippen molar-refractivity contribution in [2.75, 3.05) is 13.2 Å². The first-order valence-corrected chi connectivity index (χ1v) is 6.42. The van der Waals surface area contributed by atoms with Crippen LogP contribution in [0.1, 0.15) is 22.5 Å². The molecule has 0 radical (unpaired) electrons. The van der Waals surface area contributed by atoms with Gasteiger partial charge in [-0.1, -0.05) is 0 Å². The van der Waals surface area contributed by atoms with Crippen molar-refractivity contribution in [3.63, 3.8) is 0 Å². The highest BCUT2D eigenvalue weighted by Crippen LogP contribution is 2.32. The molecule has 1 aliphatic heterocycles. The zero-order valence-electron chi connectivity index (χ0n) is 7.77. The third kappa shape index (κ3) is 2.59. The predicted molar refractivity (Wildman–Crippen MR) is 59.4 cm³/mol. The number of rotatable bonds is 3. The van der Waals surface area contributed by atoms with Crippen LogP contribution in [0.4, 0.5) is 0 Å². The highest BCUT2D eigenvalue weighted by atomic mass is 32.2. The van der Waals surface area contributed by atoms with E-state index in [2.05, 4.69) is 5.38 Å². The second kappa shape index (κ2) is 4.96. The summed E-state index contributed by atoms with van der Waals surface area (Å²) >= 11 is 3.39. The quantitative estimate of drug-likeness (QED) is 0.744. The number of carbonyl (C=O) groups excluding carboxylic acids is 1. The van der Waals surface area contributed by atoms with Crippen LogP contribution in [0.2, 0.25) is 0 Å². The lowest BCUT2D eigenvalue weighted by atomic mass is 10.2. The van der Waals surface area contributed by atoms with Gasteiger partial charge in [-0.2, -0.15) is 0 Å². The molecular formula is C10H12O2S2. The van der Waals surface area contributed by atoms with E-state index in [-0.39, 0.29) is 0 Å². The molecule has 4 heteroatoms. The molecule has 2 heterocycles. The number of ether oxygens (including phenoxy) is 1. The highest BCUT2D eigenvalue weighted by molar-refractivity contribution is 8.00. The van der Waals surface area contributed by atoms with Crippen LogP contribution in [0.3, 0.4) is 0 Å². The Morgan fingerprint density at radius 2 is 2.29 bits per heavy atom. The molecule has 0 aliphatic carbocycles. The zero-order valence-corrected chi connectivity index (χ0v) is 9.40. The van der Waals surface area contributed by atoms with Gasteiger partial charge in [-0.3, -0.25) is 4.79 Å². The molecule has 14 heavy (non-hydrogen) atoms. The van der Waals surface area contributed by atoms with Gasteiger partial charge in [0.05, 0.1) is 4.88 Å². The molecule has 0 saturated carbocycles. The Hall–Kier alpha value is -0.320. The molecule has 0 bridgehead atoms. The van der Waals surface area contributed by atoms with Crippen molar-refractivity contribution in [1.29, 1.82) is 0 Å². The topological polar surface area (TPSA) is 26.3 Å². The largest absolute Gasteiger partial charge is 0.381 e. The number of hydrogen-bond donors (Lipinski definition) is 0. The van der Waals surface area contributed by atoms with Crippen molar-refractivity contribution < 1.29 is 9.53 Å². The molecule has 1 saturated heterocycles. The van der Waals surface area contributed by atoms with Gasteiger partial charge >= 0.3 is 0 Å². The normalized spacial score (nSPS) is 18.3. The molecular weight excluding hydrogens is 216 g/mol. The van der Waals surface area contributed by atoms with E-state index < -0.39 is 0 Å². The van der Waals surface area contributed by atoms with E-state index in [9.17, 15) is 4.79 Å². The molecule has 76 valence electrons. The maximum absolute atomic E-state index is 10.5. The Bertz CT molecular complexity index is 303. The minimum absolute atomic E-state index is 0.665. The number of thioether (sulfide) groups is 1. The lowest BCUT2D eigenvalue weighted by molar-refractivity contribution is 0.1000. The van der Waals surface area contributed by atoms with Gasteiger partial charge in [-0.05, 0) is 18.9 Å². The van der Waals surface area contributed by atoms with Gasteiger partial charge in [-0.15, -0.1) is 23.1 Å². The van der Waals surface area contributed by atoms with Crippen molar-refractivity contribution in [2.24, 2.45) is 0 Å². The lowest BCUT2D eigenvalue weighted by Crippen LogP contribution is -2.17. The number of aldehydes is 1. The van der Waals surface area contributed by atoms with Crippen LogP contribution in [0.15, 0.2) is 16.3 Å². The Labute approximate surface area is 91.7 Å². The summed E-state index contributed by atoms with van der Waals surface area (Å²) in [6, 6.07) is 1.97. The molecule has 2 rings (SSSR count). The summed E-state index contributed by atoms with van der Waals surface area (Å²) < 4.78 is 5.30. The number of thiophene rings is 1. The SMILES string of the molecule is O=Cc1cc(SC2CCOCC2)cs1. The summed E-state index contributed by atoms with van der Waals surface area (Å²) in [7, 11) is 0. The van der Waals surface area contributed by atoms with Crippen LogP contribution in [-0.4, -0.2) is 24.7 Å². The fourth-order valence-electron chi connectivity index (χ4n) is 1.44. The van der Waals surface area contributed by atoms with Gasteiger partial charge in [0, 0.05) is 28.7 Å². The third-order valence-electron chi connectivity index (χ3n) is 2.18. The molecule has 2 nitrogen and oxygen atoms in total. The van der Waals surface area contributed by atoms with Crippen LogP contribution in [0, 0.1) is 0 Å². The first-order valence-electron chi connectivity index (χ1n) is 4.66. The van der Waals surface area contributed by atoms with Crippen LogP contribution in [-0.2, 0) is 4.74 Å². The second-order valence-electron chi connectivity index (χ2n) is 3.23. The fourth-order valence-corrected chi connectivity index (χ4v) is 3.46. The summed E-state index contributed by atoms with van der Waals surface area (Å²) in [4.78, 5) is 12.5. The maximum atomic E-state index is 10.5. The molecule has 1 fully saturated rings. The lowest BCUT2D eigenvalue weighted by Gasteiger charge is -2.20. The smallest absolute Gasteiger partial charge is 0.160 e. The third-order valence-corrected chi connectivity index (χ3v) is 4.50. The summed E-state index contributed by atoms with van der Waals surface area (Å²) in [6.45, 7) is 1.75. The zero-order chi connectivity index (χ0) is 9.80. The minimum atomic E-state index is 0.665. The van der Waals surface area contributed by atoms with Crippen LogP contribution in [0.5, 0.6) is 0 Å². The van der Waals surface area contributed by atoms with Gasteiger partial charge < -0.3 is 4.74 Å². The van der Waals surface area contributed by atoms with Crippen LogP contribution < -0.4 is 0 Å². The Morgan fingerprint density at radius 1 is 1.50 bits per heavy atom. The molecule has 0 spiro atoms. The Kier molecular flexibility index (Phi) is 3.61. The van der Waals surface area contributed by atoms with Crippen molar-refractivity contribution in [2.45, 2.75) is 23.0 Å².